The number of hydrogen-bond acceptors (Lipinski definition) is 2. The van der Waals surface area contributed by atoms with E-state index < -0.39 is 0 Å². The number of nitrogens with zero attached hydrogens (tertiary/aromatic N) is 4. The number of hydrogen-bond donors (Lipinski definition) is 1. The SMILES string of the molecule is CCCNC(=O)N1Cc2c(CC)nn(-c3ccccc3)c2-n2cccc2[C@H]1c1cccc(C)c1. The molecule has 1 aliphatic rings. The van der Waals surface area contributed by atoms with E-state index in [1.165, 1.54) is 5.56 Å². The first kappa shape index (κ1) is 22.0. The van der Waals surface area contributed by atoms with Gasteiger partial charge in [0.2, 0.25) is 0 Å². The second kappa shape index (κ2) is 9.21. The monoisotopic (exact) mass is 453 g/mol. The molecule has 2 aromatic heterocycles. The molecule has 0 spiro atoms. The molecule has 5 rings (SSSR count). The summed E-state index contributed by atoms with van der Waals surface area (Å²) in [6.07, 6.45) is 3.77. The van der Waals surface area contributed by atoms with E-state index in [0.29, 0.717) is 13.1 Å². The van der Waals surface area contributed by atoms with E-state index in [9.17, 15) is 4.79 Å². The van der Waals surface area contributed by atoms with E-state index in [1.807, 2.05) is 27.8 Å². The smallest absolute Gasteiger partial charge is 0.318 e. The molecule has 0 bridgehead atoms. The summed E-state index contributed by atoms with van der Waals surface area (Å²) in [5, 5.41) is 8.13. The minimum absolute atomic E-state index is 0.0523. The van der Waals surface area contributed by atoms with Crippen molar-refractivity contribution in [3.8, 4) is 11.5 Å². The molecule has 0 saturated carbocycles. The molecule has 0 fully saturated rings. The van der Waals surface area contributed by atoms with Crippen LogP contribution in [0.5, 0.6) is 0 Å². The van der Waals surface area contributed by atoms with Gasteiger partial charge >= 0.3 is 6.03 Å². The van der Waals surface area contributed by atoms with Crippen LogP contribution in [0.1, 0.15) is 54.4 Å². The van der Waals surface area contributed by atoms with Gasteiger partial charge in [0.25, 0.3) is 0 Å². The van der Waals surface area contributed by atoms with Crippen molar-refractivity contribution in [1.82, 2.24) is 24.6 Å². The number of aryl methyl sites for hydroxylation is 2. The third-order valence-electron chi connectivity index (χ3n) is 6.45. The van der Waals surface area contributed by atoms with E-state index in [1.54, 1.807) is 0 Å². The van der Waals surface area contributed by atoms with Crippen molar-refractivity contribution in [2.45, 2.75) is 46.2 Å². The van der Waals surface area contributed by atoms with Gasteiger partial charge in [-0.2, -0.15) is 5.10 Å². The molecule has 0 unspecified atom stereocenters. The van der Waals surface area contributed by atoms with E-state index in [4.69, 9.17) is 5.10 Å². The molecular weight excluding hydrogens is 422 g/mol. The molecule has 2 aromatic carbocycles. The van der Waals surface area contributed by atoms with Crippen molar-refractivity contribution in [3.63, 3.8) is 0 Å². The van der Waals surface area contributed by atoms with Crippen LogP contribution in [0.2, 0.25) is 0 Å². The molecule has 0 aliphatic carbocycles. The highest BCUT2D eigenvalue weighted by atomic mass is 16.2. The van der Waals surface area contributed by atoms with Crippen LogP contribution < -0.4 is 5.32 Å². The van der Waals surface area contributed by atoms with Gasteiger partial charge in [0.1, 0.15) is 5.82 Å². The van der Waals surface area contributed by atoms with E-state index in [-0.39, 0.29) is 12.1 Å². The zero-order valence-corrected chi connectivity index (χ0v) is 20.0. The number of benzene rings is 2. The first-order valence-corrected chi connectivity index (χ1v) is 12.1. The number of carbonyl (C=O) groups is 1. The van der Waals surface area contributed by atoms with Gasteiger partial charge in [0.15, 0.2) is 0 Å². The lowest BCUT2D eigenvalue weighted by Crippen LogP contribution is -2.42. The Hall–Kier alpha value is -3.80. The van der Waals surface area contributed by atoms with Gasteiger partial charge < -0.3 is 14.8 Å². The third kappa shape index (κ3) is 3.79. The topological polar surface area (TPSA) is 55.1 Å². The number of para-hydroxylation sites is 1. The van der Waals surface area contributed by atoms with Gasteiger partial charge in [-0.3, -0.25) is 0 Å². The van der Waals surface area contributed by atoms with Crippen molar-refractivity contribution in [2.24, 2.45) is 0 Å². The van der Waals surface area contributed by atoms with Crippen molar-refractivity contribution in [1.29, 1.82) is 0 Å². The second-order valence-electron chi connectivity index (χ2n) is 8.83. The molecule has 6 nitrogen and oxygen atoms in total. The second-order valence-corrected chi connectivity index (χ2v) is 8.83. The summed E-state index contributed by atoms with van der Waals surface area (Å²) >= 11 is 0. The lowest BCUT2D eigenvalue weighted by molar-refractivity contribution is 0.180. The number of carbonyl (C=O) groups excluding carboxylic acids is 1. The maximum atomic E-state index is 13.6. The Morgan fingerprint density at radius 2 is 1.88 bits per heavy atom. The Kier molecular flexibility index (Phi) is 5.97. The van der Waals surface area contributed by atoms with Gasteiger partial charge in [-0.1, -0.05) is 61.9 Å². The predicted molar refractivity (Wildman–Crippen MR) is 135 cm³/mol. The highest BCUT2D eigenvalue weighted by Gasteiger charge is 2.36. The number of aromatic nitrogens is 3. The Morgan fingerprint density at radius 1 is 1.06 bits per heavy atom. The van der Waals surface area contributed by atoms with Gasteiger partial charge in [-0.15, -0.1) is 0 Å². The number of fused-ring (bicyclic) bond motifs is 3. The average molecular weight is 454 g/mol. The maximum absolute atomic E-state index is 13.6. The predicted octanol–water partition coefficient (Wildman–Crippen LogP) is 5.56. The lowest BCUT2D eigenvalue weighted by atomic mass is 10.00. The fraction of sp³-hybridized carbons (Fsp3) is 0.286. The summed E-state index contributed by atoms with van der Waals surface area (Å²) < 4.78 is 4.24. The highest BCUT2D eigenvalue weighted by molar-refractivity contribution is 5.76. The summed E-state index contributed by atoms with van der Waals surface area (Å²) in [6.45, 7) is 7.43. The van der Waals surface area contributed by atoms with Gasteiger partial charge in [-0.25, -0.2) is 9.48 Å². The van der Waals surface area contributed by atoms with E-state index in [2.05, 4.69) is 85.4 Å². The number of urea groups is 1. The maximum Gasteiger partial charge on any atom is 0.318 e. The van der Waals surface area contributed by atoms with Crippen LogP contribution >= 0.6 is 0 Å². The standard InChI is InChI=1S/C28H31N5O/c1-4-16-29-28(34)32-19-23-24(5-2)30-33(22-13-7-6-8-14-22)27(23)31-17-10-15-25(31)26(32)21-12-9-11-20(3)18-21/h6-15,17-18,26H,4-5,16,19H2,1-3H3,(H,29,34)/t26-/m1/s1. The molecule has 174 valence electrons. The molecule has 0 saturated heterocycles. The first-order chi connectivity index (χ1) is 16.6. The molecule has 3 heterocycles. The lowest BCUT2D eigenvalue weighted by Gasteiger charge is -2.31. The van der Waals surface area contributed by atoms with Gasteiger partial charge in [0.05, 0.1) is 29.7 Å². The normalized spacial score (nSPS) is 14.9. The Labute approximate surface area is 200 Å². The molecular formula is C28H31N5O. The van der Waals surface area contributed by atoms with Crippen LogP contribution in [0, 0.1) is 6.92 Å². The van der Waals surface area contributed by atoms with Crippen molar-refractivity contribution < 1.29 is 4.79 Å². The van der Waals surface area contributed by atoms with E-state index in [0.717, 1.165) is 46.9 Å². The Morgan fingerprint density at radius 3 is 2.62 bits per heavy atom. The third-order valence-corrected chi connectivity index (χ3v) is 6.45. The van der Waals surface area contributed by atoms with Gasteiger partial charge in [-0.05, 0) is 49.6 Å². The molecule has 0 radical (unpaired) electrons. The number of nitrogens with one attached hydrogen (secondary N) is 1. The van der Waals surface area contributed by atoms with Crippen molar-refractivity contribution in [3.05, 3.63) is 101 Å². The highest BCUT2D eigenvalue weighted by Crippen LogP contribution is 2.38. The summed E-state index contributed by atoms with van der Waals surface area (Å²) in [4.78, 5) is 15.5. The molecule has 1 aliphatic heterocycles. The molecule has 1 N–H and O–H groups in total. The van der Waals surface area contributed by atoms with Crippen LogP contribution in [-0.2, 0) is 13.0 Å². The van der Waals surface area contributed by atoms with Crippen LogP contribution in [-0.4, -0.2) is 31.8 Å². The molecule has 4 aromatic rings. The summed E-state index contributed by atoms with van der Waals surface area (Å²) in [5.74, 6) is 1.01. The molecule has 34 heavy (non-hydrogen) atoms. The van der Waals surface area contributed by atoms with Crippen LogP contribution in [0.3, 0.4) is 0 Å². The minimum Gasteiger partial charge on any atom is -0.338 e. The van der Waals surface area contributed by atoms with Crippen LogP contribution in [0.15, 0.2) is 72.9 Å². The summed E-state index contributed by atoms with van der Waals surface area (Å²) in [5.41, 5.74) is 6.44. The van der Waals surface area contributed by atoms with Crippen molar-refractivity contribution >= 4 is 6.03 Å². The van der Waals surface area contributed by atoms with E-state index >= 15 is 0 Å². The summed E-state index contributed by atoms with van der Waals surface area (Å²) in [7, 11) is 0. The Bertz CT molecular complexity index is 1300. The Balaban J connectivity index is 1.75. The van der Waals surface area contributed by atoms with Crippen LogP contribution in [0.25, 0.3) is 11.5 Å². The minimum atomic E-state index is -0.215. The summed E-state index contributed by atoms with van der Waals surface area (Å²) in [6, 6.07) is 22.6. The largest absolute Gasteiger partial charge is 0.338 e. The number of rotatable bonds is 5. The molecule has 6 heteroatoms. The fourth-order valence-corrected chi connectivity index (χ4v) is 4.87. The van der Waals surface area contributed by atoms with Crippen LogP contribution in [0.4, 0.5) is 4.79 Å². The first-order valence-electron chi connectivity index (χ1n) is 12.1. The quantitative estimate of drug-likeness (QED) is 0.430. The molecule has 1 atom stereocenters. The zero-order chi connectivity index (χ0) is 23.7. The zero-order valence-electron chi connectivity index (χ0n) is 20.0. The average Bonchev–Trinajstić information content (AvgIpc) is 3.44. The van der Waals surface area contributed by atoms with Crippen molar-refractivity contribution in [2.75, 3.05) is 6.54 Å². The number of amides is 2. The van der Waals surface area contributed by atoms with Gasteiger partial charge in [0, 0.05) is 18.3 Å². The molecule has 2 amide bonds. The fourth-order valence-electron chi connectivity index (χ4n) is 4.87.